The molecule has 1 aromatic carbocycles. The van der Waals surface area contributed by atoms with Crippen LogP contribution in [0.2, 0.25) is 0 Å². The highest BCUT2D eigenvalue weighted by Crippen LogP contribution is 2.38. The van der Waals surface area contributed by atoms with E-state index in [4.69, 9.17) is 9.72 Å². The normalized spacial score (nSPS) is 21.6. The molecule has 0 radical (unpaired) electrons. The second-order valence-electron chi connectivity index (χ2n) is 9.26. The van der Waals surface area contributed by atoms with E-state index in [-0.39, 0.29) is 36.3 Å². The predicted molar refractivity (Wildman–Crippen MR) is 132 cm³/mol. The number of anilines is 1. The number of esters is 1. The smallest absolute Gasteiger partial charge is 0.343 e. The first-order chi connectivity index (χ1) is 17.2. The molecule has 0 spiro atoms. The zero-order valence-electron chi connectivity index (χ0n) is 19.6. The van der Waals surface area contributed by atoms with Crippen molar-refractivity contribution in [1.29, 1.82) is 0 Å². The number of hydrogen-bond acceptors (Lipinski definition) is 8. The van der Waals surface area contributed by atoms with Gasteiger partial charge in [0.15, 0.2) is 5.60 Å². The number of piperazine rings is 1. The van der Waals surface area contributed by atoms with Crippen molar-refractivity contribution in [2.45, 2.75) is 32.1 Å². The quantitative estimate of drug-likeness (QED) is 0.339. The zero-order valence-corrected chi connectivity index (χ0v) is 20.4. The Morgan fingerprint density at radius 3 is 2.72 bits per heavy atom. The fraction of sp³-hybridized carbons (Fsp3) is 0.375. The van der Waals surface area contributed by atoms with Crippen LogP contribution in [-0.2, 0) is 38.5 Å². The van der Waals surface area contributed by atoms with Gasteiger partial charge in [0.25, 0.3) is 5.56 Å². The summed E-state index contributed by atoms with van der Waals surface area (Å²) in [6.07, 6.45) is 0.0758. The lowest BCUT2D eigenvalue weighted by molar-refractivity contribution is -0.172. The molecular formula is C24H25N5O6S. The predicted octanol–water partition coefficient (Wildman–Crippen LogP) is 0.641. The molecule has 3 N–H and O–H groups in total. The van der Waals surface area contributed by atoms with Gasteiger partial charge in [-0.25, -0.2) is 9.78 Å². The maximum Gasteiger partial charge on any atom is 0.343 e. The summed E-state index contributed by atoms with van der Waals surface area (Å²) in [6.45, 7) is 3.77. The van der Waals surface area contributed by atoms with Gasteiger partial charge in [0, 0.05) is 42.7 Å². The number of fused-ring (bicyclic) bond motifs is 5. The van der Waals surface area contributed by atoms with Gasteiger partial charge >= 0.3 is 16.2 Å². The summed E-state index contributed by atoms with van der Waals surface area (Å²) >= 11 is 0. The summed E-state index contributed by atoms with van der Waals surface area (Å²) in [4.78, 5) is 30.4. The van der Waals surface area contributed by atoms with Crippen molar-refractivity contribution in [3.8, 4) is 11.4 Å². The Morgan fingerprint density at radius 1 is 1.19 bits per heavy atom. The molecule has 3 aliphatic heterocycles. The number of hydrogen-bond donors (Lipinski definition) is 3. The number of aromatic nitrogens is 2. The number of rotatable bonds is 4. The van der Waals surface area contributed by atoms with Gasteiger partial charge in [0.2, 0.25) is 0 Å². The van der Waals surface area contributed by atoms with E-state index in [2.05, 4.69) is 10.0 Å². The molecule has 5 heterocycles. The van der Waals surface area contributed by atoms with E-state index >= 15 is 0 Å². The van der Waals surface area contributed by atoms with Crippen LogP contribution in [0.1, 0.15) is 30.0 Å². The molecule has 2 aromatic heterocycles. The second-order valence-corrected chi connectivity index (χ2v) is 10.9. The Morgan fingerprint density at radius 2 is 1.97 bits per heavy atom. The van der Waals surface area contributed by atoms with Crippen LogP contribution in [-0.4, -0.2) is 59.5 Å². The van der Waals surface area contributed by atoms with Gasteiger partial charge < -0.3 is 19.7 Å². The molecule has 1 atom stereocenters. The summed E-state index contributed by atoms with van der Waals surface area (Å²) in [6, 6.07) is 8.66. The lowest BCUT2D eigenvalue weighted by Crippen LogP contribution is -2.48. The highest BCUT2D eigenvalue weighted by molar-refractivity contribution is 7.90. The molecule has 0 aliphatic carbocycles. The highest BCUT2D eigenvalue weighted by Gasteiger charge is 2.45. The van der Waals surface area contributed by atoms with Gasteiger partial charge in [0.05, 0.1) is 34.7 Å². The Labute approximate surface area is 206 Å². The summed E-state index contributed by atoms with van der Waals surface area (Å²) in [5, 5.41) is 14.8. The average molecular weight is 512 g/mol. The molecule has 1 fully saturated rings. The number of nitrogens with one attached hydrogen (secondary N) is 2. The van der Waals surface area contributed by atoms with Crippen LogP contribution in [0, 0.1) is 0 Å². The lowest BCUT2D eigenvalue weighted by atomic mass is 9.86. The van der Waals surface area contributed by atoms with Crippen LogP contribution in [0.15, 0.2) is 35.1 Å². The number of ether oxygens (including phenoxy) is 1. The van der Waals surface area contributed by atoms with Crippen LogP contribution >= 0.6 is 0 Å². The first kappa shape index (κ1) is 23.1. The van der Waals surface area contributed by atoms with Crippen molar-refractivity contribution < 1.29 is 23.1 Å². The van der Waals surface area contributed by atoms with E-state index in [1.54, 1.807) is 35.8 Å². The van der Waals surface area contributed by atoms with Crippen molar-refractivity contribution in [3.63, 3.8) is 0 Å². The summed E-state index contributed by atoms with van der Waals surface area (Å²) in [5.74, 6) is -0.762. The molecule has 1 saturated heterocycles. The minimum absolute atomic E-state index is 0.0758. The van der Waals surface area contributed by atoms with Gasteiger partial charge in [-0.15, -0.1) is 0 Å². The molecular weight excluding hydrogens is 486 g/mol. The number of benzene rings is 1. The lowest BCUT2D eigenvalue weighted by Gasteiger charge is -2.31. The third-order valence-corrected chi connectivity index (χ3v) is 8.71. The molecule has 6 rings (SSSR count). The van der Waals surface area contributed by atoms with E-state index in [1.807, 2.05) is 6.07 Å². The molecule has 11 nitrogen and oxygen atoms in total. The molecule has 188 valence electrons. The minimum Gasteiger partial charge on any atom is -0.458 e. The molecule has 3 aliphatic rings. The average Bonchev–Trinajstić information content (AvgIpc) is 3.23. The topological polar surface area (TPSA) is 143 Å². The molecule has 0 bridgehead atoms. The standard InChI is InChI=1S/C24H25N5O6S/c1-2-24(32)18-11-20-21-15(12-29(20)22(30)17(18)13-35-23(24)31)9-14-10-16(3-4-19(14)26-21)27-36(33,34)28-7-5-25-6-8-28/h3-4,9-11,25,27,32H,2,5-8,12-13H2,1H3. The van der Waals surface area contributed by atoms with Gasteiger partial charge in [-0.05, 0) is 36.8 Å². The van der Waals surface area contributed by atoms with E-state index in [0.717, 1.165) is 10.9 Å². The Kier molecular flexibility index (Phi) is 5.20. The maximum absolute atomic E-state index is 13.3. The van der Waals surface area contributed by atoms with Gasteiger partial charge in [-0.2, -0.15) is 12.7 Å². The summed E-state index contributed by atoms with van der Waals surface area (Å²) in [5.41, 5.74) is 1.30. The molecule has 1 unspecified atom stereocenters. The largest absolute Gasteiger partial charge is 0.458 e. The number of nitrogens with zero attached hydrogens (tertiary/aromatic N) is 3. The van der Waals surface area contributed by atoms with Crippen molar-refractivity contribution in [3.05, 3.63) is 57.4 Å². The Hall–Kier alpha value is -3.32. The van der Waals surface area contributed by atoms with Crippen molar-refractivity contribution in [1.82, 2.24) is 19.2 Å². The number of carbonyl (C=O) groups is 1. The van der Waals surface area contributed by atoms with Crippen LogP contribution in [0.25, 0.3) is 22.3 Å². The second kappa shape index (κ2) is 8.10. The molecule has 12 heteroatoms. The van der Waals surface area contributed by atoms with Crippen molar-refractivity contribution in [2.24, 2.45) is 0 Å². The minimum atomic E-state index is -3.68. The first-order valence-corrected chi connectivity index (χ1v) is 13.2. The number of aliphatic hydroxyl groups is 1. The van der Waals surface area contributed by atoms with Crippen LogP contribution in [0.5, 0.6) is 0 Å². The third-order valence-electron chi connectivity index (χ3n) is 7.17. The SMILES string of the molecule is CCC1(O)C(=O)OCc2c1cc1n(c2=O)Cc2cc3cc(NS(=O)(=O)N4CCNCC4)ccc3nc2-1. The van der Waals surface area contributed by atoms with E-state index < -0.39 is 21.8 Å². The number of pyridine rings is 2. The maximum atomic E-state index is 13.3. The zero-order chi connectivity index (χ0) is 25.2. The van der Waals surface area contributed by atoms with Gasteiger partial charge in [-0.1, -0.05) is 6.92 Å². The van der Waals surface area contributed by atoms with Crippen molar-refractivity contribution in [2.75, 3.05) is 30.9 Å². The fourth-order valence-corrected chi connectivity index (χ4v) is 6.36. The number of cyclic esters (lactones) is 1. The Bertz CT molecular complexity index is 1590. The van der Waals surface area contributed by atoms with Crippen LogP contribution in [0.4, 0.5) is 5.69 Å². The molecule has 36 heavy (non-hydrogen) atoms. The monoisotopic (exact) mass is 511 g/mol. The van der Waals surface area contributed by atoms with E-state index in [1.165, 1.54) is 4.31 Å². The Balaban J connectivity index is 1.39. The first-order valence-electron chi connectivity index (χ1n) is 11.8. The van der Waals surface area contributed by atoms with Crippen LogP contribution < -0.4 is 15.6 Å². The van der Waals surface area contributed by atoms with Crippen LogP contribution in [0.3, 0.4) is 0 Å². The fourth-order valence-electron chi connectivity index (χ4n) is 5.15. The van der Waals surface area contributed by atoms with Crippen molar-refractivity contribution >= 4 is 32.8 Å². The molecule has 3 aromatic rings. The summed E-state index contributed by atoms with van der Waals surface area (Å²) < 4.78 is 36.3. The number of carbonyl (C=O) groups excluding carboxylic acids is 1. The highest BCUT2D eigenvalue weighted by atomic mass is 32.2. The van der Waals surface area contributed by atoms with E-state index in [0.29, 0.717) is 48.8 Å². The summed E-state index contributed by atoms with van der Waals surface area (Å²) in [7, 11) is -3.68. The van der Waals surface area contributed by atoms with E-state index in [9.17, 15) is 23.1 Å². The molecule has 0 saturated carbocycles. The van der Waals surface area contributed by atoms with Gasteiger partial charge in [-0.3, -0.25) is 9.52 Å². The van der Waals surface area contributed by atoms with Gasteiger partial charge in [0.1, 0.15) is 6.61 Å². The molecule has 0 amide bonds. The third kappa shape index (κ3) is 3.44.